The number of rotatable bonds is 1. The number of carbonyl (C=O) groups is 1. The van der Waals surface area contributed by atoms with Gasteiger partial charge in [0.05, 0.1) is 0 Å². The van der Waals surface area contributed by atoms with Crippen LogP contribution in [0.2, 0.25) is 0 Å². The first-order chi connectivity index (χ1) is 9.08. The number of nitrogens with zero attached hydrogens (tertiary/aromatic N) is 1. The van der Waals surface area contributed by atoms with Gasteiger partial charge in [0.2, 0.25) is 0 Å². The summed E-state index contributed by atoms with van der Waals surface area (Å²) in [6.07, 6.45) is 0.861. The van der Waals surface area contributed by atoms with E-state index in [1.165, 1.54) is 5.56 Å². The zero-order valence-electron chi connectivity index (χ0n) is 10.8. The van der Waals surface area contributed by atoms with E-state index in [1.54, 1.807) is 11.8 Å². The molecule has 0 bridgehead atoms. The predicted molar refractivity (Wildman–Crippen MR) is 76.1 cm³/mol. The second-order valence-electron chi connectivity index (χ2n) is 4.83. The van der Waals surface area contributed by atoms with Crippen LogP contribution < -0.4 is 9.77 Å². The van der Waals surface area contributed by atoms with Crippen molar-refractivity contribution in [2.24, 2.45) is 0 Å². The second kappa shape index (κ2) is 4.35. The standard InChI is InChI=1S/C14H14N2O2S/c1-8-7-10-5-3-4-6-11(10)16(8)13(17)12-9(2)15-14(18)19-12/h3-6,8H,7H2,1-2H3,(H,15,18). The molecule has 0 saturated heterocycles. The van der Waals surface area contributed by atoms with Crippen molar-refractivity contribution < 1.29 is 4.79 Å². The minimum absolute atomic E-state index is 0.0849. The molecule has 0 spiro atoms. The number of aromatic nitrogens is 1. The number of hydrogen-bond acceptors (Lipinski definition) is 3. The Morgan fingerprint density at radius 1 is 1.42 bits per heavy atom. The van der Waals surface area contributed by atoms with Crippen LogP contribution in [-0.2, 0) is 6.42 Å². The average Bonchev–Trinajstić information content (AvgIpc) is 2.87. The molecule has 2 heterocycles. The molecule has 1 unspecified atom stereocenters. The molecule has 0 fully saturated rings. The summed E-state index contributed by atoms with van der Waals surface area (Å²) >= 11 is 0.984. The average molecular weight is 274 g/mol. The number of carbonyl (C=O) groups excluding carboxylic acids is 1. The van der Waals surface area contributed by atoms with E-state index in [4.69, 9.17) is 0 Å². The van der Waals surface area contributed by atoms with Gasteiger partial charge >= 0.3 is 4.87 Å². The second-order valence-corrected chi connectivity index (χ2v) is 5.81. The maximum absolute atomic E-state index is 12.6. The monoisotopic (exact) mass is 274 g/mol. The lowest BCUT2D eigenvalue weighted by atomic mass is 10.1. The van der Waals surface area contributed by atoms with E-state index < -0.39 is 0 Å². The molecule has 1 aliphatic rings. The third-order valence-corrected chi connectivity index (χ3v) is 4.42. The number of thiazole rings is 1. The number of anilines is 1. The van der Waals surface area contributed by atoms with Gasteiger partial charge in [-0.15, -0.1) is 0 Å². The third kappa shape index (κ3) is 1.90. The maximum Gasteiger partial charge on any atom is 0.305 e. The van der Waals surface area contributed by atoms with Gasteiger partial charge in [0.25, 0.3) is 5.91 Å². The maximum atomic E-state index is 12.6. The topological polar surface area (TPSA) is 53.2 Å². The number of H-pyrrole nitrogens is 1. The summed E-state index contributed by atoms with van der Waals surface area (Å²) in [6.45, 7) is 3.79. The van der Waals surface area contributed by atoms with Gasteiger partial charge < -0.3 is 9.88 Å². The molecule has 5 heteroatoms. The van der Waals surface area contributed by atoms with Crippen molar-refractivity contribution in [3.05, 3.63) is 50.1 Å². The highest BCUT2D eigenvalue weighted by molar-refractivity contribution is 7.11. The van der Waals surface area contributed by atoms with Crippen LogP contribution in [0.4, 0.5) is 5.69 Å². The van der Waals surface area contributed by atoms with Crippen molar-refractivity contribution in [1.82, 2.24) is 4.98 Å². The van der Waals surface area contributed by atoms with Crippen LogP contribution in [-0.4, -0.2) is 16.9 Å². The lowest BCUT2D eigenvalue weighted by Gasteiger charge is -2.22. The molecule has 3 rings (SSSR count). The van der Waals surface area contributed by atoms with Gasteiger partial charge in [-0.2, -0.15) is 0 Å². The van der Waals surface area contributed by atoms with Crippen molar-refractivity contribution in [1.29, 1.82) is 0 Å². The highest BCUT2D eigenvalue weighted by atomic mass is 32.1. The fourth-order valence-corrected chi connectivity index (χ4v) is 3.37. The number of para-hydroxylation sites is 1. The van der Waals surface area contributed by atoms with Crippen LogP contribution in [0.5, 0.6) is 0 Å². The van der Waals surface area contributed by atoms with E-state index in [9.17, 15) is 9.59 Å². The SMILES string of the molecule is Cc1[nH]c(=O)sc1C(=O)N1c2ccccc2CC1C. The molecule has 4 nitrogen and oxygen atoms in total. The molecule has 1 aromatic carbocycles. The number of aromatic amines is 1. The molecule has 1 N–H and O–H groups in total. The minimum atomic E-state index is -0.180. The molecule has 0 aliphatic carbocycles. The van der Waals surface area contributed by atoms with E-state index in [2.05, 4.69) is 4.98 Å². The van der Waals surface area contributed by atoms with Crippen LogP contribution in [0.3, 0.4) is 0 Å². The molecule has 0 saturated carbocycles. The summed E-state index contributed by atoms with van der Waals surface area (Å²) < 4.78 is 0. The van der Waals surface area contributed by atoms with Crippen molar-refractivity contribution in [3.8, 4) is 0 Å². The van der Waals surface area contributed by atoms with Crippen LogP contribution in [0.1, 0.15) is 27.9 Å². The van der Waals surface area contributed by atoms with Crippen LogP contribution in [0.15, 0.2) is 29.1 Å². The minimum Gasteiger partial charge on any atom is -0.316 e. The van der Waals surface area contributed by atoms with Gasteiger partial charge in [0.1, 0.15) is 4.88 Å². The number of hydrogen-bond donors (Lipinski definition) is 1. The molecule has 1 amide bonds. The number of aryl methyl sites for hydroxylation is 1. The Labute approximate surface area is 114 Å². The molecule has 19 heavy (non-hydrogen) atoms. The van der Waals surface area contributed by atoms with Gasteiger partial charge in [-0.1, -0.05) is 29.5 Å². The number of benzene rings is 1. The van der Waals surface area contributed by atoms with E-state index >= 15 is 0 Å². The summed E-state index contributed by atoms with van der Waals surface area (Å²) in [7, 11) is 0. The molecule has 2 aromatic rings. The summed E-state index contributed by atoms with van der Waals surface area (Å²) in [5.74, 6) is -0.0849. The van der Waals surface area contributed by atoms with Crippen molar-refractivity contribution >= 4 is 22.9 Å². The van der Waals surface area contributed by atoms with Crippen LogP contribution in [0, 0.1) is 6.92 Å². The summed E-state index contributed by atoms with van der Waals surface area (Å²) in [6, 6.07) is 8.05. The summed E-state index contributed by atoms with van der Waals surface area (Å²) in [5, 5.41) is 0. The first-order valence-electron chi connectivity index (χ1n) is 6.19. The van der Waals surface area contributed by atoms with E-state index in [-0.39, 0.29) is 16.8 Å². The van der Waals surface area contributed by atoms with Gasteiger partial charge in [0.15, 0.2) is 0 Å². The Morgan fingerprint density at radius 3 is 2.84 bits per heavy atom. The highest BCUT2D eigenvalue weighted by Gasteiger charge is 2.32. The normalized spacial score (nSPS) is 17.6. The summed E-state index contributed by atoms with van der Waals surface area (Å²) in [4.78, 5) is 28.8. The van der Waals surface area contributed by atoms with Crippen LogP contribution in [0.25, 0.3) is 0 Å². The zero-order chi connectivity index (χ0) is 13.6. The first-order valence-corrected chi connectivity index (χ1v) is 7.00. The predicted octanol–water partition coefficient (Wildman–Crippen LogP) is 2.34. The smallest absolute Gasteiger partial charge is 0.305 e. The zero-order valence-corrected chi connectivity index (χ0v) is 11.6. The number of fused-ring (bicyclic) bond motifs is 1. The highest BCUT2D eigenvalue weighted by Crippen LogP contribution is 2.33. The van der Waals surface area contributed by atoms with E-state index in [0.717, 1.165) is 23.4 Å². The largest absolute Gasteiger partial charge is 0.316 e. The number of nitrogens with one attached hydrogen (secondary N) is 1. The van der Waals surface area contributed by atoms with Crippen LogP contribution >= 0.6 is 11.3 Å². The molecule has 1 aliphatic heterocycles. The molecule has 98 valence electrons. The Hall–Kier alpha value is -1.88. The van der Waals surface area contributed by atoms with Gasteiger partial charge in [-0.3, -0.25) is 9.59 Å². The first kappa shape index (κ1) is 12.2. The molecular weight excluding hydrogens is 260 g/mol. The fraction of sp³-hybridized carbons (Fsp3) is 0.286. The quantitative estimate of drug-likeness (QED) is 0.867. The van der Waals surface area contributed by atoms with Crippen molar-refractivity contribution in [2.45, 2.75) is 26.3 Å². The molecular formula is C14H14N2O2S. The number of amides is 1. The molecule has 1 atom stereocenters. The lowest BCUT2D eigenvalue weighted by Crippen LogP contribution is -2.35. The van der Waals surface area contributed by atoms with Crippen molar-refractivity contribution in [3.63, 3.8) is 0 Å². The van der Waals surface area contributed by atoms with Crippen molar-refractivity contribution in [2.75, 3.05) is 4.90 Å². The van der Waals surface area contributed by atoms with E-state index in [0.29, 0.717) is 10.6 Å². The fourth-order valence-electron chi connectivity index (χ4n) is 2.59. The third-order valence-electron chi connectivity index (χ3n) is 3.45. The van der Waals surface area contributed by atoms with Gasteiger partial charge in [-0.05, 0) is 31.9 Å². The Balaban J connectivity index is 2.05. The molecule has 0 radical (unpaired) electrons. The Bertz CT molecular complexity index is 701. The lowest BCUT2D eigenvalue weighted by molar-refractivity contribution is 0.0984. The van der Waals surface area contributed by atoms with Gasteiger partial charge in [-0.25, -0.2) is 0 Å². The van der Waals surface area contributed by atoms with Gasteiger partial charge in [0, 0.05) is 17.4 Å². The summed E-state index contributed by atoms with van der Waals surface area (Å²) in [5.41, 5.74) is 2.79. The molecule has 1 aromatic heterocycles. The Morgan fingerprint density at radius 2 is 2.16 bits per heavy atom. The Kier molecular flexibility index (Phi) is 2.78. The van der Waals surface area contributed by atoms with E-state index in [1.807, 2.05) is 31.2 Å².